The number of amides is 2. The first kappa shape index (κ1) is 48.8. The third-order valence-electron chi connectivity index (χ3n) is 15.0. The number of aromatic nitrogens is 1. The van der Waals surface area contributed by atoms with Crippen LogP contribution in [-0.4, -0.2) is 157 Å². The number of hydrogen-bond donors (Lipinski definition) is 2. The lowest BCUT2D eigenvalue weighted by Gasteiger charge is -2.37. The zero-order valence-electron chi connectivity index (χ0n) is 40.7. The first-order valence-electron chi connectivity index (χ1n) is 24.5. The summed E-state index contributed by atoms with van der Waals surface area (Å²) in [6.07, 6.45) is 6.93. The molecule has 2 aliphatic carbocycles. The molecule has 2 N–H and O–H groups in total. The predicted molar refractivity (Wildman–Crippen MR) is 260 cm³/mol. The van der Waals surface area contributed by atoms with Gasteiger partial charge in [0.05, 0.1) is 37.2 Å². The van der Waals surface area contributed by atoms with Crippen molar-refractivity contribution in [1.29, 1.82) is 0 Å². The van der Waals surface area contributed by atoms with Gasteiger partial charge in [-0.25, -0.2) is 5.43 Å². The highest BCUT2D eigenvalue weighted by Gasteiger charge is 2.51. The fourth-order valence-electron chi connectivity index (χ4n) is 10.1. The van der Waals surface area contributed by atoms with Gasteiger partial charge in [-0.2, -0.15) is 0 Å². The van der Waals surface area contributed by atoms with Gasteiger partial charge in [0.2, 0.25) is 5.91 Å². The number of rotatable bonds is 14. The van der Waals surface area contributed by atoms with E-state index in [0.29, 0.717) is 56.4 Å². The molecule has 4 fully saturated rings. The minimum atomic E-state index is -1.04. The van der Waals surface area contributed by atoms with Crippen LogP contribution in [0.1, 0.15) is 97.0 Å². The lowest BCUT2D eigenvalue weighted by molar-refractivity contribution is -0.155. The van der Waals surface area contributed by atoms with E-state index >= 15 is 0 Å². The van der Waals surface area contributed by atoms with Crippen LogP contribution in [0.4, 0.5) is 0 Å². The number of fused-ring (bicyclic) bond motifs is 5. The minimum absolute atomic E-state index is 0.0734. The molecule has 4 aliphatic heterocycles. The van der Waals surface area contributed by atoms with E-state index in [4.69, 9.17) is 28.9 Å². The number of hydrogen-bond acceptors (Lipinski definition) is 13. The maximum Gasteiger partial charge on any atom is 0.324 e. The molecule has 362 valence electrons. The molecule has 1 aromatic carbocycles. The third kappa shape index (κ3) is 10.8. The van der Waals surface area contributed by atoms with Crippen LogP contribution in [-0.2, 0) is 46.3 Å². The molecular weight excluding hydrogens is 857 g/mol. The molecule has 2 saturated carbocycles. The zero-order chi connectivity index (χ0) is 46.9. The highest BCUT2D eigenvalue weighted by Crippen LogP contribution is 2.51. The summed E-state index contributed by atoms with van der Waals surface area (Å²) in [5.41, 5.74) is 8.16. The van der Waals surface area contributed by atoms with Gasteiger partial charge < -0.3 is 33.7 Å². The van der Waals surface area contributed by atoms with Crippen LogP contribution < -0.4 is 10.7 Å². The number of methoxy groups -OCH3 is 1. The van der Waals surface area contributed by atoms with Crippen LogP contribution in [0, 0.1) is 23.2 Å². The van der Waals surface area contributed by atoms with Crippen molar-refractivity contribution in [3.05, 3.63) is 40.7 Å². The summed E-state index contributed by atoms with van der Waals surface area (Å²) in [6, 6.07) is 4.87. The Morgan fingerprint density at radius 2 is 1.86 bits per heavy atom. The van der Waals surface area contributed by atoms with Crippen molar-refractivity contribution in [2.75, 3.05) is 72.5 Å². The van der Waals surface area contributed by atoms with Crippen LogP contribution in [0.3, 0.4) is 0 Å². The topological polar surface area (TPSA) is 152 Å². The molecule has 6 bridgehead atoms. The Hall–Kier alpha value is -3.64. The van der Waals surface area contributed by atoms with Crippen LogP contribution >= 0.6 is 11.8 Å². The Bertz CT molecular complexity index is 2170. The SMILES string of the molecule is CCO[C@@H]1C2=NC(CS2)c2ccc3c(c2)c(c(/C=C(/N=C\C(C)N2CCN(C)CC2)[C@H](C)OC)n3CCOC(C)C)CC2(CC2)COC(=O)[C@@H]2CCCN(N2)C(=O)[C@H]1NC(=O)[C@H]1[C@H](C)[C@@H]1C. The van der Waals surface area contributed by atoms with E-state index in [1.54, 1.807) is 18.9 Å². The number of nitrogens with one attached hydrogen (secondary N) is 2. The van der Waals surface area contributed by atoms with Crippen LogP contribution in [0.15, 0.2) is 33.9 Å². The largest absolute Gasteiger partial charge is 0.464 e. The molecule has 0 radical (unpaired) electrons. The number of piperazine rings is 1. The number of benzene rings is 1. The van der Waals surface area contributed by atoms with Crippen LogP contribution in [0.5, 0.6) is 0 Å². The average Bonchev–Trinajstić information content (AvgIpc) is 4.09. The fourth-order valence-corrected chi connectivity index (χ4v) is 11.2. The summed E-state index contributed by atoms with van der Waals surface area (Å²) in [5, 5.41) is 6.42. The Balaban J connectivity index is 1.24. The Morgan fingerprint density at radius 1 is 1.11 bits per heavy atom. The second-order valence-electron chi connectivity index (χ2n) is 20.0. The fraction of sp³-hybridized carbons (Fsp3) is 0.700. The molecule has 66 heavy (non-hydrogen) atoms. The summed E-state index contributed by atoms with van der Waals surface area (Å²) in [4.78, 5) is 57.9. The van der Waals surface area contributed by atoms with Gasteiger partial charge in [0.25, 0.3) is 5.91 Å². The lowest BCUT2D eigenvalue weighted by Crippen LogP contribution is -2.63. The summed E-state index contributed by atoms with van der Waals surface area (Å²) in [6.45, 7) is 20.6. The van der Waals surface area contributed by atoms with Gasteiger partial charge in [-0.05, 0) is 115 Å². The number of ether oxygens (including phenoxy) is 4. The minimum Gasteiger partial charge on any atom is -0.464 e. The summed E-state index contributed by atoms with van der Waals surface area (Å²) in [7, 11) is 3.90. The molecule has 15 nitrogen and oxygen atoms in total. The van der Waals surface area contributed by atoms with E-state index in [2.05, 4.69) is 97.3 Å². The number of cyclic esters (lactones) is 1. The van der Waals surface area contributed by atoms with Gasteiger partial charge in [-0.1, -0.05) is 19.9 Å². The van der Waals surface area contributed by atoms with E-state index in [9.17, 15) is 14.4 Å². The van der Waals surface area contributed by atoms with E-state index in [-0.39, 0.29) is 71.9 Å². The second-order valence-corrected chi connectivity index (χ2v) is 21.1. The highest BCUT2D eigenvalue weighted by molar-refractivity contribution is 8.14. The number of likely N-dealkylation sites (N-methyl/N-ethyl adjacent to an activating group) is 1. The summed E-state index contributed by atoms with van der Waals surface area (Å²) in [5.74, 6) is 0.0445. The normalized spacial score (nSPS) is 29.6. The van der Waals surface area contributed by atoms with Crippen LogP contribution in [0.2, 0.25) is 0 Å². The van der Waals surface area contributed by atoms with E-state index in [1.165, 1.54) is 10.6 Å². The number of esters is 1. The molecule has 5 heterocycles. The number of aliphatic imine (C=N–C) groups is 2. The molecule has 2 saturated heterocycles. The number of thioether (sulfide) groups is 1. The standard InChI is InChI=1S/C50H74N8O7S/c1-10-63-45-44(53-46(59)43-32(5)33(43)6)48(60)58-17-11-12-38(54-58)49(61)65-29-50(15-16-50)26-37-36-24-35(40-28-66-47(45)52-40)13-14-41(36)57(22-23-64-30(2)3)42(37)25-39(34(7)62-9)51-27-31(4)56-20-18-55(8)19-21-56/h13-14,24-25,27,30-34,38,40,43-45,54H,10-12,15-23,26,28-29H2,1-9H3,(H,53,59)/b39-25+,51-27-/t31?,32-,33+,34-,38-,40?,43+,44-,45-/m0/s1. The van der Waals surface area contributed by atoms with E-state index in [1.807, 2.05) is 13.8 Å². The van der Waals surface area contributed by atoms with Crippen molar-refractivity contribution in [2.24, 2.45) is 33.2 Å². The van der Waals surface area contributed by atoms with Gasteiger partial charge >= 0.3 is 5.97 Å². The van der Waals surface area contributed by atoms with Gasteiger partial charge in [-0.3, -0.25) is 34.3 Å². The Morgan fingerprint density at radius 3 is 2.55 bits per heavy atom. The van der Waals surface area contributed by atoms with E-state index in [0.717, 1.165) is 66.9 Å². The van der Waals surface area contributed by atoms with Gasteiger partial charge in [-0.15, -0.1) is 11.8 Å². The van der Waals surface area contributed by atoms with Crippen molar-refractivity contribution in [3.63, 3.8) is 0 Å². The Labute approximate surface area is 395 Å². The molecule has 2 aromatic rings. The molecule has 6 aliphatic rings. The molecule has 1 spiro atoms. The van der Waals surface area contributed by atoms with E-state index < -0.39 is 18.2 Å². The van der Waals surface area contributed by atoms with Gasteiger partial charge in [0.1, 0.15) is 23.2 Å². The first-order valence-corrected chi connectivity index (χ1v) is 25.5. The number of carbonyl (C=O) groups excluding carboxylic acids is 3. The first-order chi connectivity index (χ1) is 31.7. The summed E-state index contributed by atoms with van der Waals surface area (Å²) < 4.78 is 27.2. The summed E-state index contributed by atoms with van der Waals surface area (Å²) >= 11 is 1.58. The molecule has 9 atom stereocenters. The van der Waals surface area contributed by atoms with Gasteiger partial charge in [0, 0.05) is 98.9 Å². The molecule has 16 heteroatoms. The monoisotopic (exact) mass is 931 g/mol. The predicted octanol–water partition coefficient (Wildman–Crippen LogP) is 5.50. The Kier molecular flexibility index (Phi) is 15.5. The van der Waals surface area contributed by atoms with Crippen molar-refractivity contribution in [3.8, 4) is 0 Å². The van der Waals surface area contributed by atoms with Crippen molar-refractivity contribution < 1.29 is 33.3 Å². The third-order valence-corrected chi connectivity index (χ3v) is 16.1. The second kappa shape index (κ2) is 20.9. The maximum absolute atomic E-state index is 14.7. The average molecular weight is 931 g/mol. The quantitative estimate of drug-likeness (QED) is 0.183. The molecule has 1 aromatic heterocycles. The maximum atomic E-state index is 14.7. The van der Waals surface area contributed by atoms with Crippen molar-refractivity contribution in [1.82, 2.24) is 30.1 Å². The lowest BCUT2D eigenvalue weighted by atomic mass is 9.93. The van der Waals surface area contributed by atoms with Crippen molar-refractivity contribution >= 4 is 57.8 Å². The highest BCUT2D eigenvalue weighted by atomic mass is 32.2. The number of hydrazine groups is 1. The van der Waals surface area contributed by atoms with Gasteiger partial charge in [0.15, 0.2) is 0 Å². The molecule has 2 amide bonds. The van der Waals surface area contributed by atoms with Crippen molar-refractivity contribution in [2.45, 2.75) is 130 Å². The molecule has 2 unspecified atom stereocenters. The molecular formula is C50H74N8O7S. The van der Waals surface area contributed by atoms with Crippen LogP contribution in [0.25, 0.3) is 17.0 Å². The number of nitrogens with zero attached hydrogens (tertiary/aromatic N) is 6. The number of carbonyl (C=O) groups is 3. The zero-order valence-corrected chi connectivity index (χ0v) is 41.5. The smallest absolute Gasteiger partial charge is 0.324 e. The molecule has 8 rings (SSSR count).